The molecular formula is C21H23N5O2S2. The number of aromatic nitrogens is 2. The van der Waals surface area contributed by atoms with E-state index in [4.69, 9.17) is 12.2 Å². The van der Waals surface area contributed by atoms with Crippen molar-refractivity contribution >= 4 is 38.7 Å². The van der Waals surface area contributed by atoms with Crippen molar-refractivity contribution in [3.8, 4) is 0 Å². The number of sulfonamides is 1. The second kappa shape index (κ2) is 7.73. The Morgan fingerprint density at radius 2 is 1.93 bits per heavy atom. The van der Waals surface area contributed by atoms with Crippen molar-refractivity contribution in [2.24, 2.45) is 0 Å². The van der Waals surface area contributed by atoms with E-state index in [0.717, 1.165) is 34.6 Å². The molecule has 3 N–H and O–H groups in total. The summed E-state index contributed by atoms with van der Waals surface area (Å²) in [5, 5.41) is 4.00. The van der Waals surface area contributed by atoms with E-state index in [2.05, 4.69) is 31.0 Å². The van der Waals surface area contributed by atoms with Gasteiger partial charge in [-0.25, -0.2) is 8.42 Å². The Morgan fingerprint density at radius 3 is 2.53 bits per heavy atom. The third kappa shape index (κ3) is 4.03. The Morgan fingerprint density at radius 1 is 1.13 bits per heavy atom. The number of hydrogen-bond donors (Lipinski definition) is 3. The number of pyridine rings is 1. The Kier molecular flexibility index (Phi) is 5.25. The first kappa shape index (κ1) is 20.4. The summed E-state index contributed by atoms with van der Waals surface area (Å²) in [4.78, 5) is 10.0. The van der Waals surface area contributed by atoms with Crippen molar-refractivity contribution < 1.29 is 8.42 Å². The van der Waals surface area contributed by atoms with E-state index in [9.17, 15) is 8.42 Å². The summed E-state index contributed by atoms with van der Waals surface area (Å²) in [6.07, 6.45) is 2.91. The molecule has 156 valence electrons. The highest BCUT2D eigenvalue weighted by Crippen LogP contribution is 2.41. The number of rotatable bonds is 5. The number of thiocarbonyl (C=S) groups is 1. The topological polar surface area (TPSA) is 90.1 Å². The molecule has 1 saturated heterocycles. The third-order valence-electron chi connectivity index (χ3n) is 5.05. The van der Waals surface area contributed by atoms with Gasteiger partial charge in [0.1, 0.15) is 6.04 Å². The monoisotopic (exact) mass is 441 g/mol. The van der Waals surface area contributed by atoms with Crippen molar-refractivity contribution in [1.82, 2.24) is 15.3 Å². The molecule has 2 aromatic heterocycles. The summed E-state index contributed by atoms with van der Waals surface area (Å²) in [6.45, 7) is 3.88. The maximum atomic E-state index is 11.6. The molecule has 0 unspecified atom stereocenters. The van der Waals surface area contributed by atoms with Gasteiger partial charge in [-0.05, 0) is 74.1 Å². The van der Waals surface area contributed by atoms with Crippen LogP contribution in [0.1, 0.15) is 34.7 Å². The molecule has 1 aliphatic rings. The summed E-state index contributed by atoms with van der Waals surface area (Å²) >= 11 is 5.71. The SMILES string of the molecule is Cc1ccc([C@@H]2[C@@H](c3ccccn3)NC(=S)N2c2ccc(NS(C)(=O)=O)c(C)c2)[nH]1. The first-order valence-corrected chi connectivity index (χ1v) is 11.8. The van der Waals surface area contributed by atoms with E-state index in [1.165, 1.54) is 0 Å². The van der Waals surface area contributed by atoms with Gasteiger partial charge >= 0.3 is 0 Å². The van der Waals surface area contributed by atoms with Crippen LogP contribution in [0.15, 0.2) is 54.7 Å². The number of aryl methyl sites for hydroxylation is 2. The van der Waals surface area contributed by atoms with Crippen LogP contribution in [0.5, 0.6) is 0 Å². The normalized spacial score (nSPS) is 19.0. The van der Waals surface area contributed by atoms with Crippen LogP contribution in [-0.4, -0.2) is 29.8 Å². The Bertz CT molecular complexity index is 1190. The first-order chi connectivity index (χ1) is 14.2. The lowest BCUT2D eigenvalue weighted by Crippen LogP contribution is -2.29. The van der Waals surface area contributed by atoms with Gasteiger partial charge in [0.05, 0.1) is 23.7 Å². The Hall–Kier alpha value is -2.91. The zero-order chi connectivity index (χ0) is 21.5. The quantitative estimate of drug-likeness (QED) is 0.525. The number of nitrogens with zero attached hydrogens (tertiary/aromatic N) is 2. The first-order valence-electron chi connectivity index (χ1n) is 9.47. The molecule has 0 spiro atoms. The largest absolute Gasteiger partial charge is 0.361 e. The molecule has 0 amide bonds. The lowest BCUT2D eigenvalue weighted by Gasteiger charge is -2.27. The summed E-state index contributed by atoms with van der Waals surface area (Å²) < 4.78 is 25.8. The number of anilines is 2. The molecule has 0 bridgehead atoms. The highest BCUT2D eigenvalue weighted by Gasteiger charge is 2.41. The van der Waals surface area contributed by atoms with Crippen LogP contribution in [0.4, 0.5) is 11.4 Å². The lowest BCUT2D eigenvalue weighted by molar-refractivity contribution is 0.558. The van der Waals surface area contributed by atoms with Crippen molar-refractivity contribution in [1.29, 1.82) is 0 Å². The molecule has 0 radical (unpaired) electrons. The van der Waals surface area contributed by atoms with Gasteiger partial charge in [0.2, 0.25) is 10.0 Å². The molecule has 3 aromatic rings. The standard InChI is InChI=1S/C21H23N5O2S2/c1-13-12-15(8-10-16(13)25-30(3,27)28)26-20(18-9-7-14(2)23-18)19(24-21(26)29)17-6-4-5-11-22-17/h4-12,19-20,23,25H,1-3H3,(H,24,29)/t19-,20-/m1/s1. The van der Waals surface area contributed by atoms with Gasteiger partial charge in [0.15, 0.2) is 5.11 Å². The van der Waals surface area contributed by atoms with Crippen molar-refractivity contribution in [2.75, 3.05) is 15.9 Å². The minimum absolute atomic E-state index is 0.130. The highest BCUT2D eigenvalue weighted by atomic mass is 32.2. The van der Waals surface area contributed by atoms with Crippen LogP contribution in [0, 0.1) is 13.8 Å². The molecule has 0 saturated carbocycles. The summed E-state index contributed by atoms with van der Waals surface area (Å²) in [7, 11) is -3.35. The van der Waals surface area contributed by atoms with Crippen molar-refractivity contribution in [3.05, 3.63) is 77.4 Å². The fourth-order valence-electron chi connectivity index (χ4n) is 3.76. The fraction of sp³-hybridized carbons (Fsp3) is 0.238. The summed E-state index contributed by atoms with van der Waals surface area (Å²) in [5.41, 5.74) is 5.21. The number of aromatic amines is 1. The van der Waals surface area contributed by atoms with E-state index in [0.29, 0.717) is 10.8 Å². The van der Waals surface area contributed by atoms with Crippen LogP contribution in [0.25, 0.3) is 0 Å². The van der Waals surface area contributed by atoms with Gasteiger partial charge in [-0.2, -0.15) is 0 Å². The average Bonchev–Trinajstić information content (AvgIpc) is 3.26. The lowest BCUT2D eigenvalue weighted by atomic mass is 10.0. The number of benzene rings is 1. The molecule has 3 heterocycles. The van der Waals surface area contributed by atoms with Crippen LogP contribution in [0.2, 0.25) is 0 Å². The van der Waals surface area contributed by atoms with Crippen LogP contribution < -0.4 is 14.9 Å². The van der Waals surface area contributed by atoms with Gasteiger partial charge in [-0.1, -0.05) is 6.07 Å². The third-order valence-corrected chi connectivity index (χ3v) is 5.96. The number of hydrogen-bond acceptors (Lipinski definition) is 4. The maximum Gasteiger partial charge on any atom is 0.229 e. The number of H-pyrrole nitrogens is 1. The predicted octanol–water partition coefficient (Wildman–Crippen LogP) is 3.58. The van der Waals surface area contributed by atoms with Crippen molar-refractivity contribution in [2.45, 2.75) is 25.9 Å². The molecule has 4 rings (SSSR count). The van der Waals surface area contributed by atoms with E-state index in [1.54, 1.807) is 12.3 Å². The minimum atomic E-state index is -3.35. The summed E-state index contributed by atoms with van der Waals surface area (Å²) in [6, 6.07) is 15.2. The Balaban J connectivity index is 1.77. The Labute approximate surface area is 181 Å². The van der Waals surface area contributed by atoms with E-state index in [-0.39, 0.29) is 12.1 Å². The van der Waals surface area contributed by atoms with E-state index < -0.39 is 10.0 Å². The second-order valence-electron chi connectivity index (χ2n) is 7.47. The molecular weight excluding hydrogens is 418 g/mol. The second-order valence-corrected chi connectivity index (χ2v) is 9.60. The highest BCUT2D eigenvalue weighted by molar-refractivity contribution is 7.92. The molecule has 2 atom stereocenters. The average molecular weight is 442 g/mol. The van der Waals surface area contributed by atoms with Crippen molar-refractivity contribution in [3.63, 3.8) is 0 Å². The maximum absolute atomic E-state index is 11.6. The molecule has 0 aliphatic carbocycles. The van der Waals surface area contributed by atoms with Gasteiger partial charge in [-0.3, -0.25) is 9.71 Å². The molecule has 1 fully saturated rings. The fourth-order valence-corrected chi connectivity index (χ4v) is 4.73. The zero-order valence-electron chi connectivity index (χ0n) is 16.9. The smallest absolute Gasteiger partial charge is 0.229 e. The predicted molar refractivity (Wildman–Crippen MR) is 123 cm³/mol. The van der Waals surface area contributed by atoms with Gasteiger partial charge < -0.3 is 15.2 Å². The van der Waals surface area contributed by atoms with Crippen LogP contribution in [0.3, 0.4) is 0 Å². The molecule has 7 nitrogen and oxygen atoms in total. The molecule has 1 aromatic carbocycles. The summed E-state index contributed by atoms with van der Waals surface area (Å²) in [5.74, 6) is 0. The van der Waals surface area contributed by atoms with E-state index in [1.807, 2.05) is 50.2 Å². The van der Waals surface area contributed by atoms with Gasteiger partial charge in [0, 0.05) is 23.3 Å². The van der Waals surface area contributed by atoms with Gasteiger partial charge in [0.25, 0.3) is 0 Å². The molecule has 30 heavy (non-hydrogen) atoms. The van der Waals surface area contributed by atoms with Gasteiger partial charge in [-0.15, -0.1) is 0 Å². The zero-order valence-corrected chi connectivity index (χ0v) is 18.5. The number of nitrogens with one attached hydrogen (secondary N) is 3. The molecule has 9 heteroatoms. The van der Waals surface area contributed by atoms with E-state index >= 15 is 0 Å². The molecule has 1 aliphatic heterocycles. The van der Waals surface area contributed by atoms with Crippen LogP contribution >= 0.6 is 12.2 Å². The minimum Gasteiger partial charge on any atom is -0.361 e. The van der Waals surface area contributed by atoms with Crippen LogP contribution in [-0.2, 0) is 10.0 Å².